The second-order valence-electron chi connectivity index (χ2n) is 6.84. The topological polar surface area (TPSA) is 81.1 Å². The zero-order valence-electron chi connectivity index (χ0n) is 16.6. The monoisotopic (exact) mass is 443 g/mol. The van der Waals surface area contributed by atoms with Crippen LogP contribution >= 0.6 is 23.4 Å². The maximum absolute atomic E-state index is 12.9. The van der Waals surface area contributed by atoms with Gasteiger partial charge in [-0.25, -0.2) is 4.68 Å². The molecule has 1 aliphatic rings. The van der Waals surface area contributed by atoms with E-state index in [2.05, 4.69) is 20.9 Å². The first kappa shape index (κ1) is 20.6. The van der Waals surface area contributed by atoms with Gasteiger partial charge in [0, 0.05) is 12.1 Å². The number of amides is 1. The third-order valence-electron chi connectivity index (χ3n) is 4.81. The third-order valence-corrected chi connectivity index (χ3v) is 6.32. The Kier molecular flexibility index (Phi) is 6.15. The molecule has 4 rings (SSSR count). The lowest BCUT2D eigenvalue weighted by Crippen LogP contribution is -2.44. The molecule has 0 bridgehead atoms. The maximum Gasteiger partial charge on any atom is 0.236 e. The molecule has 3 aromatic rings. The van der Waals surface area contributed by atoms with Gasteiger partial charge in [-0.1, -0.05) is 66.7 Å². The molecule has 2 aromatic carbocycles. The summed E-state index contributed by atoms with van der Waals surface area (Å²) in [5, 5.41) is 12.4. The molecule has 0 spiro atoms. The van der Waals surface area contributed by atoms with Gasteiger partial charge in [-0.05, 0) is 24.1 Å². The molecule has 0 saturated carbocycles. The highest BCUT2D eigenvalue weighted by atomic mass is 35.5. The first-order valence-electron chi connectivity index (χ1n) is 9.67. The van der Waals surface area contributed by atoms with E-state index in [1.165, 1.54) is 11.8 Å². The van der Waals surface area contributed by atoms with Crippen LogP contribution in [0, 0.1) is 0 Å². The summed E-state index contributed by atoms with van der Waals surface area (Å²) in [6.45, 7) is 2.64. The number of halogens is 1. The fraction of sp³-hybridized carbons (Fsp3) is 0.286. The van der Waals surface area contributed by atoms with Crippen molar-refractivity contribution in [2.45, 2.75) is 29.8 Å². The van der Waals surface area contributed by atoms with Crippen molar-refractivity contribution in [3.8, 4) is 17.1 Å². The normalized spacial score (nSPS) is 17.7. The molecular weight excluding hydrogens is 422 g/mol. The van der Waals surface area contributed by atoms with E-state index in [4.69, 9.17) is 16.3 Å². The summed E-state index contributed by atoms with van der Waals surface area (Å²) in [4.78, 5) is 12.9. The van der Waals surface area contributed by atoms with Gasteiger partial charge in [0.1, 0.15) is 11.0 Å². The first-order valence-corrected chi connectivity index (χ1v) is 10.9. The van der Waals surface area contributed by atoms with E-state index in [9.17, 15) is 4.79 Å². The molecule has 2 heterocycles. The Morgan fingerprint density at radius 2 is 2.07 bits per heavy atom. The molecule has 2 N–H and O–H groups in total. The second kappa shape index (κ2) is 8.97. The van der Waals surface area contributed by atoms with Crippen molar-refractivity contribution in [3.05, 3.63) is 59.1 Å². The van der Waals surface area contributed by atoms with Crippen molar-refractivity contribution in [1.29, 1.82) is 0 Å². The minimum Gasteiger partial charge on any atom is -0.495 e. The Labute approximate surface area is 184 Å². The SMILES string of the molecule is CCCNC(=O)[C@H]1Sc2nnc(-c3ccccc3)n2N[C@H]1c1ccc(OC)c(Cl)c1. The molecule has 156 valence electrons. The van der Waals surface area contributed by atoms with Gasteiger partial charge < -0.3 is 15.5 Å². The number of benzene rings is 2. The average Bonchev–Trinajstić information content (AvgIpc) is 3.20. The Balaban J connectivity index is 1.73. The molecular formula is C21H22ClN5O2S. The molecule has 0 fully saturated rings. The predicted octanol–water partition coefficient (Wildman–Crippen LogP) is 3.89. The minimum absolute atomic E-state index is 0.0539. The van der Waals surface area contributed by atoms with Crippen LogP contribution in [-0.4, -0.2) is 39.7 Å². The minimum atomic E-state index is -0.429. The van der Waals surface area contributed by atoms with Gasteiger partial charge in [-0.15, -0.1) is 10.2 Å². The van der Waals surface area contributed by atoms with E-state index in [0.29, 0.717) is 28.3 Å². The van der Waals surface area contributed by atoms with Crippen molar-refractivity contribution in [2.75, 3.05) is 19.1 Å². The summed E-state index contributed by atoms with van der Waals surface area (Å²) in [6.07, 6.45) is 0.865. The molecule has 9 heteroatoms. The van der Waals surface area contributed by atoms with E-state index in [1.807, 2.05) is 60.1 Å². The predicted molar refractivity (Wildman–Crippen MR) is 119 cm³/mol. The molecule has 1 aromatic heterocycles. The lowest BCUT2D eigenvalue weighted by molar-refractivity contribution is -0.120. The summed E-state index contributed by atoms with van der Waals surface area (Å²) in [7, 11) is 1.58. The van der Waals surface area contributed by atoms with E-state index >= 15 is 0 Å². The van der Waals surface area contributed by atoms with Crippen molar-refractivity contribution in [3.63, 3.8) is 0 Å². The average molecular weight is 444 g/mol. The van der Waals surface area contributed by atoms with Gasteiger partial charge in [0.05, 0.1) is 18.2 Å². The van der Waals surface area contributed by atoms with Crippen LogP contribution in [0.3, 0.4) is 0 Å². The fourth-order valence-corrected chi connectivity index (χ4v) is 4.67. The standard InChI is InChI=1S/C21H22ClN5O2S/c1-3-11-23-20(28)18-17(14-9-10-16(29-2)15(22)12-14)26-27-19(24-25-21(27)30-18)13-7-5-4-6-8-13/h4-10,12,17-18,26H,3,11H2,1-2H3,(H,23,28)/t17-,18-/m0/s1. The van der Waals surface area contributed by atoms with E-state index in [1.54, 1.807) is 7.11 Å². The summed E-state index contributed by atoms with van der Waals surface area (Å²) < 4.78 is 7.11. The highest BCUT2D eigenvalue weighted by Gasteiger charge is 2.38. The van der Waals surface area contributed by atoms with E-state index in [-0.39, 0.29) is 11.9 Å². The summed E-state index contributed by atoms with van der Waals surface area (Å²) in [5.41, 5.74) is 5.26. The number of ether oxygens (including phenoxy) is 1. The number of rotatable bonds is 6. The Bertz CT molecular complexity index is 1040. The summed E-state index contributed by atoms with van der Waals surface area (Å²) >= 11 is 7.76. The third kappa shape index (κ3) is 3.97. The van der Waals surface area contributed by atoms with Crippen LogP contribution in [0.2, 0.25) is 5.02 Å². The van der Waals surface area contributed by atoms with E-state index in [0.717, 1.165) is 17.5 Å². The van der Waals surface area contributed by atoms with Gasteiger partial charge in [0.2, 0.25) is 11.1 Å². The van der Waals surface area contributed by atoms with E-state index < -0.39 is 5.25 Å². The lowest BCUT2D eigenvalue weighted by atomic mass is 10.0. The molecule has 1 amide bonds. The van der Waals surface area contributed by atoms with Crippen LogP contribution in [0.25, 0.3) is 11.4 Å². The van der Waals surface area contributed by atoms with Gasteiger partial charge in [-0.3, -0.25) is 4.79 Å². The molecule has 0 radical (unpaired) electrons. The number of hydrogen-bond acceptors (Lipinski definition) is 6. The number of aromatic nitrogens is 3. The quantitative estimate of drug-likeness (QED) is 0.601. The van der Waals surface area contributed by atoms with Crippen molar-refractivity contribution < 1.29 is 9.53 Å². The van der Waals surface area contributed by atoms with Crippen LogP contribution in [-0.2, 0) is 4.79 Å². The smallest absolute Gasteiger partial charge is 0.236 e. The Morgan fingerprint density at radius 1 is 1.27 bits per heavy atom. The highest BCUT2D eigenvalue weighted by molar-refractivity contribution is 8.00. The van der Waals surface area contributed by atoms with Crippen LogP contribution in [0.1, 0.15) is 24.9 Å². The molecule has 7 nitrogen and oxygen atoms in total. The van der Waals surface area contributed by atoms with Gasteiger partial charge >= 0.3 is 0 Å². The van der Waals surface area contributed by atoms with Crippen LogP contribution in [0.5, 0.6) is 5.75 Å². The zero-order valence-corrected chi connectivity index (χ0v) is 18.2. The highest BCUT2D eigenvalue weighted by Crippen LogP contribution is 2.40. The number of methoxy groups -OCH3 is 1. The van der Waals surface area contributed by atoms with Crippen molar-refractivity contribution in [1.82, 2.24) is 20.2 Å². The zero-order chi connectivity index (χ0) is 21.1. The molecule has 2 atom stereocenters. The molecule has 0 aliphatic carbocycles. The van der Waals surface area contributed by atoms with Gasteiger partial charge in [0.15, 0.2) is 5.82 Å². The van der Waals surface area contributed by atoms with Crippen molar-refractivity contribution in [2.24, 2.45) is 0 Å². The Morgan fingerprint density at radius 3 is 2.77 bits per heavy atom. The van der Waals surface area contributed by atoms with Crippen LogP contribution in [0.4, 0.5) is 0 Å². The Hall–Kier alpha value is -2.71. The molecule has 0 unspecified atom stereocenters. The lowest BCUT2D eigenvalue weighted by Gasteiger charge is -2.33. The summed E-state index contributed by atoms with van der Waals surface area (Å²) in [6, 6.07) is 15.0. The fourth-order valence-electron chi connectivity index (χ4n) is 3.30. The summed E-state index contributed by atoms with van der Waals surface area (Å²) in [5.74, 6) is 1.22. The largest absolute Gasteiger partial charge is 0.495 e. The van der Waals surface area contributed by atoms with Gasteiger partial charge in [0.25, 0.3) is 0 Å². The number of nitrogens with zero attached hydrogens (tertiary/aromatic N) is 3. The van der Waals surface area contributed by atoms with Crippen LogP contribution < -0.4 is 15.5 Å². The number of carbonyl (C=O) groups excluding carboxylic acids is 1. The van der Waals surface area contributed by atoms with Gasteiger partial charge in [-0.2, -0.15) is 0 Å². The number of nitrogens with one attached hydrogen (secondary N) is 2. The first-order chi connectivity index (χ1) is 14.6. The molecule has 1 aliphatic heterocycles. The number of fused-ring (bicyclic) bond motifs is 1. The molecule has 0 saturated heterocycles. The second-order valence-corrected chi connectivity index (χ2v) is 8.35. The van der Waals surface area contributed by atoms with Crippen molar-refractivity contribution >= 4 is 29.3 Å². The van der Waals surface area contributed by atoms with Crippen LogP contribution in [0.15, 0.2) is 53.7 Å². The maximum atomic E-state index is 12.9. The number of thioether (sulfide) groups is 1. The number of carbonyl (C=O) groups is 1. The molecule has 30 heavy (non-hydrogen) atoms. The number of hydrogen-bond donors (Lipinski definition) is 2.